The van der Waals surface area contributed by atoms with Crippen molar-refractivity contribution in [3.63, 3.8) is 0 Å². The lowest BCUT2D eigenvalue weighted by Gasteiger charge is -2.07. The number of rotatable bonds is 4. The molecule has 0 saturated carbocycles. The Bertz CT molecular complexity index is 521. The molecule has 6 nitrogen and oxygen atoms in total. The first-order chi connectivity index (χ1) is 8.24. The molecule has 0 heterocycles. The molecule has 0 spiro atoms. The van der Waals surface area contributed by atoms with Gasteiger partial charge in [0, 0.05) is 5.56 Å². The number of methoxy groups -OCH3 is 1. The maximum absolute atomic E-state index is 10.6. The number of hydrogen-bond donors (Lipinski definition) is 1. The molecule has 0 aliphatic carbocycles. The standard InChI is InChI=1S/C11H8N4O2/c1-17-11-3-2-8(7-16)4-10(11)15-14-9(5-12)6-13/h2-4,7,15H,1H3. The van der Waals surface area contributed by atoms with Gasteiger partial charge in [0.05, 0.1) is 12.8 Å². The maximum Gasteiger partial charge on any atom is 0.237 e. The lowest BCUT2D eigenvalue weighted by Crippen LogP contribution is -1.99. The van der Waals surface area contributed by atoms with Crippen molar-refractivity contribution >= 4 is 17.7 Å². The Morgan fingerprint density at radius 2 is 2.18 bits per heavy atom. The van der Waals surface area contributed by atoms with Crippen LogP contribution in [0, 0.1) is 22.7 Å². The summed E-state index contributed by atoms with van der Waals surface area (Å²) in [6.07, 6.45) is 0.670. The molecule has 0 aliphatic rings. The monoisotopic (exact) mass is 228 g/mol. The third-order valence-corrected chi connectivity index (χ3v) is 1.86. The molecule has 0 unspecified atom stereocenters. The minimum absolute atomic E-state index is 0.316. The fourth-order valence-corrected chi connectivity index (χ4v) is 1.08. The number of ether oxygens (including phenoxy) is 1. The average Bonchev–Trinajstić information content (AvgIpc) is 2.39. The number of hydrogen-bond acceptors (Lipinski definition) is 6. The first kappa shape index (κ1) is 12.2. The fraction of sp³-hybridized carbons (Fsp3) is 0.0909. The number of carbonyl (C=O) groups is 1. The molecule has 17 heavy (non-hydrogen) atoms. The highest BCUT2D eigenvalue weighted by atomic mass is 16.5. The normalized spacial score (nSPS) is 8.41. The highest BCUT2D eigenvalue weighted by Crippen LogP contribution is 2.24. The van der Waals surface area contributed by atoms with Crippen LogP contribution in [0.5, 0.6) is 5.75 Å². The molecule has 1 N–H and O–H groups in total. The van der Waals surface area contributed by atoms with Gasteiger partial charge < -0.3 is 4.74 Å². The van der Waals surface area contributed by atoms with E-state index in [1.54, 1.807) is 24.3 Å². The Balaban J connectivity index is 3.05. The SMILES string of the molecule is COc1ccc(C=O)cc1NN=C(C#N)C#N. The lowest BCUT2D eigenvalue weighted by atomic mass is 10.2. The molecule has 1 rings (SSSR count). The number of nitriles is 2. The van der Waals surface area contributed by atoms with Crippen LogP contribution in [-0.2, 0) is 0 Å². The molecular weight excluding hydrogens is 220 g/mol. The van der Waals surface area contributed by atoms with Gasteiger partial charge in [-0.1, -0.05) is 0 Å². The van der Waals surface area contributed by atoms with Crippen molar-refractivity contribution in [2.45, 2.75) is 0 Å². The highest BCUT2D eigenvalue weighted by Gasteiger charge is 2.04. The van der Waals surface area contributed by atoms with Crippen LogP contribution >= 0.6 is 0 Å². The van der Waals surface area contributed by atoms with Crippen molar-refractivity contribution in [1.82, 2.24) is 0 Å². The van der Waals surface area contributed by atoms with Crippen molar-refractivity contribution in [1.29, 1.82) is 10.5 Å². The van der Waals surface area contributed by atoms with E-state index in [-0.39, 0.29) is 5.71 Å². The summed E-state index contributed by atoms with van der Waals surface area (Å²) in [5, 5.41) is 20.6. The molecule has 0 fully saturated rings. The van der Waals surface area contributed by atoms with Crippen molar-refractivity contribution < 1.29 is 9.53 Å². The minimum atomic E-state index is -0.316. The van der Waals surface area contributed by atoms with Gasteiger partial charge in [0.15, 0.2) is 0 Å². The van der Waals surface area contributed by atoms with Crippen LogP contribution in [0.3, 0.4) is 0 Å². The van der Waals surface area contributed by atoms with Gasteiger partial charge in [-0.05, 0) is 18.2 Å². The minimum Gasteiger partial charge on any atom is -0.495 e. The summed E-state index contributed by atoms with van der Waals surface area (Å²) in [6.45, 7) is 0. The molecule has 0 radical (unpaired) electrons. The molecule has 1 aromatic carbocycles. The molecular formula is C11H8N4O2. The average molecular weight is 228 g/mol. The smallest absolute Gasteiger partial charge is 0.237 e. The number of aldehydes is 1. The van der Waals surface area contributed by atoms with Crippen LogP contribution in [0.1, 0.15) is 10.4 Å². The number of benzene rings is 1. The molecule has 0 bridgehead atoms. The predicted molar refractivity (Wildman–Crippen MR) is 60.7 cm³/mol. The largest absolute Gasteiger partial charge is 0.495 e. The second-order valence-corrected chi connectivity index (χ2v) is 2.87. The van der Waals surface area contributed by atoms with Crippen LogP contribution < -0.4 is 10.2 Å². The van der Waals surface area contributed by atoms with E-state index in [2.05, 4.69) is 10.5 Å². The fourth-order valence-electron chi connectivity index (χ4n) is 1.08. The lowest BCUT2D eigenvalue weighted by molar-refractivity contribution is 0.112. The summed E-state index contributed by atoms with van der Waals surface area (Å²) in [4.78, 5) is 10.6. The Morgan fingerprint density at radius 1 is 1.47 bits per heavy atom. The van der Waals surface area contributed by atoms with E-state index in [1.165, 1.54) is 13.2 Å². The van der Waals surface area contributed by atoms with E-state index in [1.807, 2.05) is 0 Å². The first-order valence-electron chi connectivity index (χ1n) is 4.52. The third-order valence-electron chi connectivity index (χ3n) is 1.86. The zero-order chi connectivity index (χ0) is 12.7. The van der Waals surface area contributed by atoms with Crippen molar-refractivity contribution in [2.24, 2.45) is 5.10 Å². The summed E-state index contributed by atoms with van der Waals surface area (Å²) >= 11 is 0. The molecule has 0 amide bonds. The van der Waals surface area contributed by atoms with Gasteiger partial charge in [-0.2, -0.15) is 15.6 Å². The summed E-state index contributed by atoms with van der Waals surface area (Å²) in [6, 6.07) is 7.87. The van der Waals surface area contributed by atoms with E-state index in [4.69, 9.17) is 15.3 Å². The molecule has 0 aliphatic heterocycles. The Hall–Kier alpha value is -2.86. The molecule has 0 aromatic heterocycles. The maximum atomic E-state index is 10.6. The number of anilines is 1. The van der Waals surface area contributed by atoms with E-state index in [9.17, 15) is 4.79 Å². The van der Waals surface area contributed by atoms with Crippen LogP contribution in [-0.4, -0.2) is 19.1 Å². The summed E-state index contributed by atoms with van der Waals surface area (Å²) < 4.78 is 5.03. The number of hydrazone groups is 1. The second kappa shape index (κ2) is 5.89. The van der Waals surface area contributed by atoms with Crippen molar-refractivity contribution in [2.75, 3.05) is 12.5 Å². The van der Waals surface area contributed by atoms with Crippen LogP contribution in [0.15, 0.2) is 23.3 Å². The molecule has 1 aromatic rings. The zero-order valence-corrected chi connectivity index (χ0v) is 8.97. The van der Waals surface area contributed by atoms with E-state index >= 15 is 0 Å². The molecule has 0 atom stereocenters. The van der Waals surface area contributed by atoms with Gasteiger partial charge in [0.2, 0.25) is 5.71 Å². The van der Waals surface area contributed by atoms with Gasteiger partial charge >= 0.3 is 0 Å². The van der Waals surface area contributed by atoms with Crippen molar-refractivity contribution in [3.05, 3.63) is 23.8 Å². The predicted octanol–water partition coefficient (Wildman–Crippen LogP) is 1.32. The summed E-state index contributed by atoms with van der Waals surface area (Å²) in [7, 11) is 1.46. The quantitative estimate of drug-likeness (QED) is 0.476. The topological polar surface area (TPSA) is 98.3 Å². The Kier molecular flexibility index (Phi) is 4.23. The van der Waals surface area contributed by atoms with E-state index < -0.39 is 0 Å². The van der Waals surface area contributed by atoms with E-state index in [0.717, 1.165) is 0 Å². The van der Waals surface area contributed by atoms with Gasteiger partial charge in [0.1, 0.15) is 24.2 Å². The van der Waals surface area contributed by atoms with Gasteiger partial charge in [-0.15, -0.1) is 0 Å². The second-order valence-electron chi connectivity index (χ2n) is 2.87. The summed E-state index contributed by atoms with van der Waals surface area (Å²) in [5.41, 5.74) is 3.02. The number of nitrogens with one attached hydrogen (secondary N) is 1. The van der Waals surface area contributed by atoms with Crippen LogP contribution in [0.2, 0.25) is 0 Å². The molecule has 84 valence electrons. The number of carbonyl (C=O) groups excluding carboxylic acids is 1. The first-order valence-corrected chi connectivity index (χ1v) is 4.52. The van der Waals surface area contributed by atoms with Crippen molar-refractivity contribution in [3.8, 4) is 17.9 Å². The summed E-state index contributed by atoms with van der Waals surface area (Å²) in [5.74, 6) is 0.453. The highest BCUT2D eigenvalue weighted by molar-refractivity contribution is 6.10. The Morgan fingerprint density at radius 3 is 2.71 bits per heavy atom. The van der Waals surface area contributed by atoms with Crippen LogP contribution in [0.25, 0.3) is 0 Å². The van der Waals surface area contributed by atoms with Gasteiger partial charge in [-0.3, -0.25) is 10.2 Å². The van der Waals surface area contributed by atoms with Crippen LogP contribution in [0.4, 0.5) is 5.69 Å². The van der Waals surface area contributed by atoms with Gasteiger partial charge in [-0.25, -0.2) is 0 Å². The Labute approximate surface area is 97.7 Å². The number of nitrogens with zero attached hydrogens (tertiary/aromatic N) is 3. The zero-order valence-electron chi connectivity index (χ0n) is 8.97. The van der Waals surface area contributed by atoms with Gasteiger partial charge in [0.25, 0.3) is 0 Å². The van der Waals surface area contributed by atoms with E-state index in [0.29, 0.717) is 23.3 Å². The molecule has 0 saturated heterocycles. The third kappa shape index (κ3) is 3.05. The molecule has 6 heteroatoms.